The third-order valence-corrected chi connectivity index (χ3v) is 5.56. The molecule has 2 aromatic rings. The molecule has 2 aromatic carbocycles. The summed E-state index contributed by atoms with van der Waals surface area (Å²) in [5.41, 5.74) is 2.24. The van der Waals surface area contributed by atoms with Gasteiger partial charge in [0.2, 0.25) is 0 Å². The van der Waals surface area contributed by atoms with Crippen molar-refractivity contribution >= 4 is 40.9 Å². The molecule has 0 aromatic heterocycles. The number of urea groups is 1. The second kappa shape index (κ2) is 6.94. The van der Waals surface area contributed by atoms with Gasteiger partial charge in [-0.2, -0.15) is 0 Å². The van der Waals surface area contributed by atoms with Crippen LogP contribution in [0.4, 0.5) is 10.5 Å². The maximum atomic E-state index is 12.7. The van der Waals surface area contributed by atoms with Crippen LogP contribution in [0.5, 0.6) is 0 Å². The standard InChI is InChI=1S/C19H17Cl2N3O3/c20-11-6-12(21)17-13(7-11)22-14(18(25)26)8-16(17)24-9-15(23-19(24)27)10-4-2-1-3-5-10/h1-7,14-16,22H,8-9H2,(H,23,27)(H,25,26)/t14-,15?,16+/m1/s1. The Morgan fingerprint density at radius 1 is 1.15 bits per heavy atom. The summed E-state index contributed by atoms with van der Waals surface area (Å²) >= 11 is 12.5. The van der Waals surface area contributed by atoms with Crippen LogP contribution in [0.25, 0.3) is 0 Å². The highest BCUT2D eigenvalue weighted by Crippen LogP contribution is 2.44. The van der Waals surface area contributed by atoms with E-state index >= 15 is 0 Å². The van der Waals surface area contributed by atoms with E-state index in [1.54, 1.807) is 17.0 Å². The number of benzene rings is 2. The molecule has 8 heteroatoms. The summed E-state index contributed by atoms with van der Waals surface area (Å²) in [7, 11) is 0. The zero-order valence-corrected chi connectivity index (χ0v) is 15.7. The summed E-state index contributed by atoms with van der Waals surface area (Å²) in [6.45, 7) is 0.429. The number of rotatable bonds is 3. The summed E-state index contributed by atoms with van der Waals surface area (Å²) in [4.78, 5) is 26.0. The molecule has 3 N–H and O–H groups in total. The van der Waals surface area contributed by atoms with E-state index in [0.29, 0.717) is 27.8 Å². The Morgan fingerprint density at radius 3 is 2.59 bits per heavy atom. The molecule has 0 bridgehead atoms. The monoisotopic (exact) mass is 405 g/mol. The molecular weight excluding hydrogens is 389 g/mol. The van der Waals surface area contributed by atoms with Crippen LogP contribution in [0, 0.1) is 0 Å². The van der Waals surface area contributed by atoms with Crippen LogP contribution in [0.3, 0.4) is 0 Å². The number of hydrogen-bond acceptors (Lipinski definition) is 3. The lowest BCUT2D eigenvalue weighted by Gasteiger charge is -2.36. The number of nitrogens with one attached hydrogen (secondary N) is 2. The molecule has 6 nitrogen and oxygen atoms in total. The summed E-state index contributed by atoms with van der Waals surface area (Å²) in [5.74, 6) is -0.985. The molecule has 1 unspecified atom stereocenters. The topological polar surface area (TPSA) is 81.7 Å². The third kappa shape index (κ3) is 3.31. The summed E-state index contributed by atoms with van der Waals surface area (Å²) in [6, 6.07) is 11.2. The van der Waals surface area contributed by atoms with Crippen LogP contribution >= 0.6 is 23.2 Å². The molecule has 2 aliphatic heterocycles. The smallest absolute Gasteiger partial charge is 0.326 e. The number of carbonyl (C=O) groups is 2. The van der Waals surface area contributed by atoms with Crippen molar-refractivity contribution in [2.24, 2.45) is 0 Å². The third-order valence-electron chi connectivity index (χ3n) is 5.03. The highest BCUT2D eigenvalue weighted by Gasteiger charge is 2.41. The van der Waals surface area contributed by atoms with Gasteiger partial charge >= 0.3 is 12.0 Å². The number of aliphatic carboxylic acids is 1. The average Bonchev–Trinajstić information content (AvgIpc) is 3.02. The van der Waals surface area contributed by atoms with E-state index in [-0.39, 0.29) is 18.5 Å². The van der Waals surface area contributed by atoms with Crippen LogP contribution in [-0.2, 0) is 4.79 Å². The second-order valence-electron chi connectivity index (χ2n) is 6.70. The molecule has 140 valence electrons. The lowest BCUT2D eigenvalue weighted by Crippen LogP contribution is -2.42. The fourth-order valence-electron chi connectivity index (χ4n) is 3.78. The molecule has 1 fully saturated rings. The molecule has 2 aliphatic rings. The van der Waals surface area contributed by atoms with Gasteiger partial charge in [0.1, 0.15) is 6.04 Å². The van der Waals surface area contributed by atoms with Crippen molar-refractivity contribution in [3.63, 3.8) is 0 Å². The fraction of sp³-hybridized carbons (Fsp3) is 0.263. The predicted octanol–water partition coefficient (Wildman–Crippen LogP) is 4.07. The molecule has 0 aliphatic carbocycles. The molecular formula is C19H17Cl2N3O3. The Labute approximate surface area is 166 Å². The Balaban J connectivity index is 1.70. The maximum absolute atomic E-state index is 12.7. The lowest BCUT2D eigenvalue weighted by atomic mass is 9.91. The van der Waals surface area contributed by atoms with E-state index in [1.165, 1.54) is 0 Å². The minimum Gasteiger partial charge on any atom is -0.480 e. The molecule has 2 amide bonds. The molecule has 27 heavy (non-hydrogen) atoms. The van der Waals surface area contributed by atoms with E-state index < -0.39 is 18.1 Å². The van der Waals surface area contributed by atoms with E-state index in [2.05, 4.69) is 10.6 Å². The van der Waals surface area contributed by atoms with Crippen LogP contribution in [-0.4, -0.2) is 34.6 Å². The lowest BCUT2D eigenvalue weighted by molar-refractivity contribution is -0.138. The Kier molecular flexibility index (Phi) is 4.61. The zero-order chi connectivity index (χ0) is 19.1. The zero-order valence-electron chi connectivity index (χ0n) is 14.2. The molecule has 3 atom stereocenters. The van der Waals surface area contributed by atoms with Gasteiger partial charge in [0, 0.05) is 34.3 Å². The molecule has 1 saturated heterocycles. The first-order valence-electron chi connectivity index (χ1n) is 8.54. The number of amides is 2. The van der Waals surface area contributed by atoms with Crippen molar-refractivity contribution in [2.45, 2.75) is 24.5 Å². The highest BCUT2D eigenvalue weighted by molar-refractivity contribution is 6.35. The number of anilines is 1. The van der Waals surface area contributed by atoms with Crippen molar-refractivity contribution in [2.75, 3.05) is 11.9 Å². The predicted molar refractivity (Wildman–Crippen MR) is 103 cm³/mol. The van der Waals surface area contributed by atoms with Crippen LogP contribution in [0.2, 0.25) is 10.0 Å². The molecule has 4 rings (SSSR count). The largest absolute Gasteiger partial charge is 0.480 e. The van der Waals surface area contributed by atoms with Crippen LogP contribution in [0.15, 0.2) is 42.5 Å². The number of carboxylic acids is 1. The maximum Gasteiger partial charge on any atom is 0.326 e. The second-order valence-corrected chi connectivity index (χ2v) is 7.54. The first kappa shape index (κ1) is 17.9. The Bertz CT molecular complexity index is 907. The normalized spacial score (nSPS) is 24.1. The quantitative estimate of drug-likeness (QED) is 0.718. The molecule has 0 saturated carbocycles. The molecule has 2 heterocycles. The summed E-state index contributed by atoms with van der Waals surface area (Å²) in [5, 5.41) is 16.3. The van der Waals surface area contributed by atoms with E-state index in [9.17, 15) is 14.7 Å². The Hall–Kier alpha value is -2.44. The van der Waals surface area contributed by atoms with Gasteiger partial charge in [-0.25, -0.2) is 9.59 Å². The number of carboxylic acid groups (broad SMARTS) is 1. The Morgan fingerprint density at radius 2 is 1.89 bits per heavy atom. The number of carbonyl (C=O) groups excluding carboxylic acids is 1. The fourth-order valence-corrected chi connectivity index (χ4v) is 4.40. The molecule has 0 spiro atoms. The van der Waals surface area contributed by atoms with Gasteiger partial charge in [-0.15, -0.1) is 0 Å². The summed E-state index contributed by atoms with van der Waals surface area (Å²) < 4.78 is 0. The van der Waals surface area contributed by atoms with Gasteiger partial charge < -0.3 is 20.6 Å². The first-order chi connectivity index (χ1) is 12.9. The van der Waals surface area contributed by atoms with Gasteiger partial charge in [0.05, 0.1) is 12.1 Å². The van der Waals surface area contributed by atoms with Crippen LogP contribution < -0.4 is 10.6 Å². The van der Waals surface area contributed by atoms with Crippen molar-refractivity contribution in [3.8, 4) is 0 Å². The van der Waals surface area contributed by atoms with Gasteiger partial charge in [0.25, 0.3) is 0 Å². The van der Waals surface area contributed by atoms with Crippen LogP contribution in [0.1, 0.15) is 29.6 Å². The van der Waals surface area contributed by atoms with Gasteiger partial charge in [-0.3, -0.25) is 0 Å². The SMILES string of the molecule is O=C(O)[C@H]1C[C@H](N2CC(c3ccccc3)NC2=O)c2c(Cl)cc(Cl)cc2N1. The summed E-state index contributed by atoms with van der Waals surface area (Å²) in [6.07, 6.45) is 0.221. The van der Waals surface area contributed by atoms with Crippen molar-refractivity contribution in [3.05, 3.63) is 63.6 Å². The van der Waals surface area contributed by atoms with E-state index in [1.807, 2.05) is 30.3 Å². The first-order valence-corrected chi connectivity index (χ1v) is 9.30. The van der Waals surface area contributed by atoms with Gasteiger partial charge in [-0.05, 0) is 17.7 Å². The van der Waals surface area contributed by atoms with Crippen molar-refractivity contribution in [1.29, 1.82) is 0 Å². The number of fused-ring (bicyclic) bond motifs is 1. The van der Waals surface area contributed by atoms with Crippen molar-refractivity contribution in [1.82, 2.24) is 10.2 Å². The minimum atomic E-state index is -0.985. The average molecular weight is 406 g/mol. The number of halogens is 2. The van der Waals surface area contributed by atoms with Gasteiger partial charge in [0.15, 0.2) is 0 Å². The van der Waals surface area contributed by atoms with E-state index in [0.717, 1.165) is 5.56 Å². The van der Waals surface area contributed by atoms with E-state index in [4.69, 9.17) is 23.2 Å². The minimum absolute atomic E-state index is 0.161. The molecule has 0 radical (unpaired) electrons. The number of hydrogen-bond donors (Lipinski definition) is 3. The highest BCUT2D eigenvalue weighted by atomic mass is 35.5. The van der Waals surface area contributed by atoms with Crippen molar-refractivity contribution < 1.29 is 14.7 Å². The van der Waals surface area contributed by atoms with Gasteiger partial charge in [-0.1, -0.05) is 53.5 Å². The number of nitrogens with zero attached hydrogens (tertiary/aromatic N) is 1.